The summed E-state index contributed by atoms with van der Waals surface area (Å²) in [5.41, 5.74) is 7.61. The number of nitrogens with two attached hydrogens (primary N) is 1. The molecule has 0 unspecified atom stereocenters. The minimum Gasteiger partial charge on any atom is -0.422 e. The zero-order valence-corrected chi connectivity index (χ0v) is 15.4. The number of fused-ring (bicyclic) bond motifs is 1. The van der Waals surface area contributed by atoms with E-state index < -0.39 is 11.8 Å². The lowest BCUT2D eigenvalue weighted by molar-refractivity contribution is -0.129. The van der Waals surface area contributed by atoms with Crippen LogP contribution in [0.1, 0.15) is 6.92 Å². The Morgan fingerprint density at radius 1 is 1.14 bits per heavy atom. The van der Waals surface area contributed by atoms with E-state index in [9.17, 15) is 4.79 Å². The number of carbonyl (C=O) groups is 1. The number of benzene rings is 3. The summed E-state index contributed by atoms with van der Waals surface area (Å²) in [5.74, 6) is -0.637. The smallest absolute Gasteiger partial charge is 0.338 e. The Bertz CT molecular complexity index is 1120. The molecule has 5 heteroatoms. The van der Waals surface area contributed by atoms with E-state index >= 15 is 4.39 Å². The van der Waals surface area contributed by atoms with Crippen molar-refractivity contribution < 1.29 is 13.9 Å². The summed E-state index contributed by atoms with van der Waals surface area (Å²) >= 11 is 0. The molecule has 28 heavy (non-hydrogen) atoms. The lowest BCUT2D eigenvalue weighted by Crippen LogP contribution is -2.09. The Hall–Kier alpha value is -3.73. The third-order valence-corrected chi connectivity index (χ3v) is 4.13. The first-order valence-electron chi connectivity index (χ1n) is 8.56. The third-order valence-electron chi connectivity index (χ3n) is 4.13. The summed E-state index contributed by atoms with van der Waals surface area (Å²) in [6, 6.07) is 15.4. The number of hydrogen-bond donors (Lipinski definition) is 1. The first-order chi connectivity index (χ1) is 13.4. The lowest BCUT2D eigenvalue weighted by Gasteiger charge is -2.13. The van der Waals surface area contributed by atoms with E-state index in [1.807, 2.05) is 0 Å². The highest BCUT2D eigenvalue weighted by molar-refractivity contribution is 6.02. The molecule has 3 aromatic carbocycles. The van der Waals surface area contributed by atoms with E-state index in [1.165, 1.54) is 12.1 Å². The van der Waals surface area contributed by atoms with Crippen molar-refractivity contribution >= 4 is 28.3 Å². The fraction of sp³-hybridized carbons (Fsp3) is 0.0435. The molecule has 0 heterocycles. The molecule has 3 rings (SSSR count). The maximum absolute atomic E-state index is 15.0. The van der Waals surface area contributed by atoms with Gasteiger partial charge in [-0.1, -0.05) is 49.6 Å². The maximum Gasteiger partial charge on any atom is 0.338 e. The van der Waals surface area contributed by atoms with Gasteiger partial charge in [0, 0.05) is 22.6 Å². The zero-order chi connectivity index (χ0) is 20.3. The highest BCUT2D eigenvalue weighted by atomic mass is 19.1. The summed E-state index contributed by atoms with van der Waals surface area (Å²) < 4.78 is 20.3. The Morgan fingerprint density at radius 2 is 1.79 bits per heavy atom. The van der Waals surface area contributed by atoms with Crippen LogP contribution in [0, 0.1) is 5.82 Å². The topological polar surface area (TPSA) is 64.7 Å². The second-order valence-electron chi connectivity index (χ2n) is 6.23. The predicted molar refractivity (Wildman–Crippen MR) is 111 cm³/mol. The van der Waals surface area contributed by atoms with Gasteiger partial charge in [0.1, 0.15) is 17.4 Å². The molecular formula is C23H19FN2O2. The van der Waals surface area contributed by atoms with Crippen LogP contribution in [0.3, 0.4) is 0 Å². The second-order valence-corrected chi connectivity index (χ2v) is 6.23. The molecule has 0 aliphatic heterocycles. The van der Waals surface area contributed by atoms with E-state index in [-0.39, 0.29) is 11.3 Å². The SMILES string of the molecule is C=CC(N)=Nc1ccc(-c2c(F)cc(OC(=O)C(=C)C)c3ccccc23)cc1. The number of halogens is 1. The van der Waals surface area contributed by atoms with Crippen LogP contribution in [0.5, 0.6) is 5.75 Å². The van der Waals surface area contributed by atoms with Crippen molar-refractivity contribution in [3.8, 4) is 16.9 Å². The quantitative estimate of drug-likeness (QED) is 0.217. The number of esters is 1. The largest absolute Gasteiger partial charge is 0.422 e. The van der Waals surface area contributed by atoms with E-state index in [0.29, 0.717) is 33.4 Å². The van der Waals surface area contributed by atoms with Gasteiger partial charge in [-0.25, -0.2) is 14.2 Å². The van der Waals surface area contributed by atoms with Crippen molar-refractivity contribution in [1.29, 1.82) is 0 Å². The Kier molecular flexibility index (Phi) is 5.36. The van der Waals surface area contributed by atoms with Crippen LogP contribution in [0.4, 0.5) is 10.1 Å². The highest BCUT2D eigenvalue weighted by Gasteiger charge is 2.17. The lowest BCUT2D eigenvalue weighted by atomic mass is 9.97. The van der Waals surface area contributed by atoms with Gasteiger partial charge in [-0.05, 0) is 36.1 Å². The van der Waals surface area contributed by atoms with Gasteiger partial charge < -0.3 is 10.5 Å². The van der Waals surface area contributed by atoms with Crippen LogP contribution < -0.4 is 10.5 Å². The number of nitrogens with zero attached hydrogens (tertiary/aromatic N) is 1. The Morgan fingerprint density at radius 3 is 2.39 bits per heavy atom. The maximum atomic E-state index is 15.0. The highest BCUT2D eigenvalue weighted by Crippen LogP contribution is 2.37. The second kappa shape index (κ2) is 7.88. The molecule has 0 bridgehead atoms. The van der Waals surface area contributed by atoms with Crippen molar-refractivity contribution in [2.45, 2.75) is 6.92 Å². The Labute approximate surface area is 162 Å². The van der Waals surface area contributed by atoms with Gasteiger partial charge in [0.25, 0.3) is 0 Å². The fourth-order valence-corrected chi connectivity index (χ4v) is 2.77. The van der Waals surface area contributed by atoms with Crippen molar-refractivity contribution in [3.05, 3.63) is 85.2 Å². The summed E-state index contributed by atoms with van der Waals surface area (Å²) in [7, 11) is 0. The molecule has 0 amide bonds. The normalized spacial score (nSPS) is 11.3. The number of carbonyl (C=O) groups excluding carboxylic acids is 1. The number of aliphatic imine (C=N–C) groups is 1. The molecule has 0 radical (unpaired) electrons. The van der Waals surface area contributed by atoms with Crippen LogP contribution in [-0.2, 0) is 4.79 Å². The molecule has 0 aliphatic carbocycles. The molecule has 0 aromatic heterocycles. The van der Waals surface area contributed by atoms with Crippen molar-refractivity contribution in [1.82, 2.24) is 0 Å². The number of rotatable bonds is 5. The molecule has 0 saturated heterocycles. The van der Waals surface area contributed by atoms with Crippen molar-refractivity contribution in [2.75, 3.05) is 0 Å². The van der Waals surface area contributed by atoms with E-state index in [0.717, 1.165) is 0 Å². The number of amidine groups is 1. The standard InChI is InChI=1S/C23H19FN2O2/c1-4-21(25)26-16-11-9-15(10-12-16)22-18-8-6-5-7-17(18)20(13-19(22)24)28-23(27)14(2)3/h4-13H,1-2H2,3H3,(H2,25,26). The van der Waals surface area contributed by atoms with Gasteiger partial charge in [0.2, 0.25) is 0 Å². The summed E-state index contributed by atoms with van der Waals surface area (Å²) in [6.45, 7) is 8.66. The van der Waals surface area contributed by atoms with Crippen LogP contribution in [0.2, 0.25) is 0 Å². The predicted octanol–water partition coefficient (Wildman–Crippen LogP) is 5.30. The minimum absolute atomic E-state index is 0.157. The van der Waals surface area contributed by atoms with Gasteiger partial charge in [-0.3, -0.25) is 0 Å². The molecule has 0 spiro atoms. The third kappa shape index (κ3) is 3.83. The van der Waals surface area contributed by atoms with Crippen molar-refractivity contribution in [3.63, 3.8) is 0 Å². The molecule has 0 saturated carbocycles. The fourth-order valence-electron chi connectivity index (χ4n) is 2.77. The Balaban J connectivity index is 2.12. The van der Waals surface area contributed by atoms with Gasteiger partial charge >= 0.3 is 5.97 Å². The molecule has 0 aliphatic rings. The van der Waals surface area contributed by atoms with Crippen LogP contribution in [-0.4, -0.2) is 11.8 Å². The van der Waals surface area contributed by atoms with Gasteiger partial charge in [-0.15, -0.1) is 0 Å². The van der Waals surface area contributed by atoms with E-state index in [2.05, 4.69) is 18.2 Å². The average Bonchev–Trinajstić information content (AvgIpc) is 2.69. The van der Waals surface area contributed by atoms with Crippen LogP contribution in [0.25, 0.3) is 21.9 Å². The molecule has 0 fully saturated rings. The van der Waals surface area contributed by atoms with E-state index in [1.54, 1.807) is 55.5 Å². The monoisotopic (exact) mass is 374 g/mol. The molecule has 3 aromatic rings. The number of hydrogen-bond acceptors (Lipinski definition) is 3. The first kappa shape index (κ1) is 19.0. The van der Waals surface area contributed by atoms with E-state index in [4.69, 9.17) is 10.5 Å². The zero-order valence-electron chi connectivity index (χ0n) is 15.4. The molecule has 4 nitrogen and oxygen atoms in total. The molecule has 140 valence electrons. The van der Waals surface area contributed by atoms with Crippen LogP contribution in [0.15, 0.2) is 84.4 Å². The summed E-state index contributed by atoms with van der Waals surface area (Å²) in [5, 5.41) is 1.26. The minimum atomic E-state index is -0.598. The van der Waals surface area contributed by atoms with Crippen molar-refractivity contribution in [2.24, 2.45) is 10.7 Å². The summed E-state index contributed by atoms with van der Waals surface area (Å²) in [6.07, 6.45) is 1.45. The average molecular weight is 374 g/mol. The summed E-state index contributed by atoms with van der Waals surface area (Å²) in [4.78, 5) is 16.1. The molecule has 2 N–H and O–H groups in total. The number of ether oxygens (including phenoxy) is 1. The molecular weight excluding hydrogens is 355 g/mol. The van der Waals surface area contributed by atoms with Gasteiger partial charge in [0.05, 0.1) is 5.69 Å². The first-order valence-corrected chi connectivity index (χ1v) is 8.56. The molecule has 0 atom stereocenters. The van der Waals surface area contributed by atoms with Crippen LogP contribution >= 0.6 is 0 Å². The van der Waals surface area contributed by atoms with Gasteiger partial charge in [-0.2, -0.15) is 0 Å². The van der Waals surface area contributed by atoms with Gasteiger partial charge in [0.15, 0.2) is 0 Å².